The van der Waals surface area contributed by atoms with Gasteiger partial charge in [0.25, 0.3) is 11.1 Å². The molecule has 3 aromatic heterocycles. The summed E-state index contributed by atoms with van der Waals surface area (Å²) in [6, 6.07) is 15.5. The minimum atomic E-state index is -0.585. The Morgan fingerprint density at radius 2 is 1.67 bits per heavy atom. The van der Waals surface area contributed by atoms with E-state index in [1.54, 1.807) is 36.8 Å². The van der Waals surface area contributed by atoms with Crippen LogP contribution in [-0.4, -0.2) is 19.1 Å². The molecule has 0 spiro atoms. The number of rotatable bonds is 3. The number of nitrogens with one attached hydrogen (secondary N) is 1. The number of hydrogen-bond donors (Lipinski definition) is 1. The van der Waals surface area contributed by atoms with Gasteiger partial charge in [-0.2, -0.15) is 0 Å². The molecule has 27 heavy (non-hydrogen) atoms. The Hall–Kier alpha value is -4.00. The Balaban J connectivity index is 2.04. The summed E-state index contributed by atoms with van der Waals surface area (Å²) >= 11 is 0. The Labute approximate surface area is 152 Å². The van der Waals surface area contributed by atoms with Crippen molar-refractivity contribution in [3.05, 3.63) is 111 Å². The smallest absolute Gasteiger partial charge is 0.280 e. The van der Waals surface area contributed by atoms with E-state index in [9.17, 15) is 14.4 Å². The maximum atomic E-state index is 13.1. The van der Waals surface area contributed by atoms with E-state index in [1.165, 1.54) is 21.4 Å². The highest BCUT2D eigenvalue weighted by Crippen LogP contribution is 2.19. The van der Waals surface area contributed by atoms with Crippen LogP contribution in [0.15, 0.2) is 93.8 Å². The van der Waals surface area contributed by atoms with E-state index in [-0.39, 0.29) is 5.56 Å². The summed E-state index contributed by atoms with van der Waals surface area (Å²) in [7, 11) is 0. The molecule has 0 saturated carbocycles. The molecule has 7 heteroatoms. The van der Waals surface area contributed by atoms with Gasteiger partial charge in [-0.15, -0.1) is 0 Å². The largest absolute Gasteiger partial charge is 0.332 e. The van der Waals surface area contributed by atoms with Crippen LogP contribution in [0.2, 0.25) is 0 Å². The van der Waals surface area contributed by atoms with Crippen LogP contribution < -0.4 is 16.8 Å². The molecule has 0 amide bonds. The average molecular weight is 358 g/mol. The Bertz CT molecular complexity index is 1210. The first-order valence-corrected chi connectivity index (χ1v) is 8.18. The van der Waals surface area contributed by atoms with Crippen LogP contribution >= 0.6 is 0 Å². The minimum absolute atomic E-state index is 0.240. The molecule has 7 nitrogen and oxygen atoms in total. The predicted octanol–water partition coefficient (Wildman–Crippen LogP) is 1.74. The summed E-state index contributed by atoms with van der Waals surface area (Å²) in [5.74, 6) is 0. The normalized spacial score (nSPS) is 10.7. The van der Waals surface area contributed by atoms with Gasteiger partial charge in [-0.1, -0.05) is 30.3 Å². The van der Waals surface area contributed by atoms with Gasteiger partial charge in [0.2, 0.25) is 0 Å². The van der Waals surface area contributed by atoms with Crippen LogP contribution in [0.3, 0.4) is 0 Å². The van der Waals surface area contributed by atoms with Crippen molar-refractivity contribution >= 4 is 0 Å². The van der Waals surface area contributed by atoms with Crippen molar-refractivity contribution in [1.29, 1.82) is 0 Å². The van der Waals surface area contributed by atoms with E-state index in [0.29, 0.717) is 16.9 Å². The highest BCUT2D eigenvalue weighted by molar-refractivity contribution is 5.65. The first-order chi connectivity index (χ1) is 13.1. The van der Waals surface area contributed by atoms with Crippen molar-refractivity contribution in [3.63, 3.8) is 0 Å². The van der Waals surface area contributed by atoms with Crippen molar-refractivity contribution in [2.24, 2.45) is 0 Å². The molecule has 0 fully saturated rings. The first kappa shape index (κ1) is 16.5. The summed E-state index contributed by atoms with van der Waals surface area (Å²) in [6.07, 6.45) is 6.10. The number of benzene rings is 1. The Morgan fingerprint density at radius 3 is 2.37 bits per heavy atom. The van der Waals surface area contributed by atoms with Crippen molar-refractivity contribution in [1.82, 2.24) is 19.1 Å². The summed E-state index contributed by atoms with van der Waals surface area (Å²) < 4.78 is 2.71. The van der Waals surface area contributed by atoms with Crippen LogP contribution in [0.5, 0.6) is 0 Å². The fourth-order valence-corrected chi connectivity index (χ4v) is 2.83. The maximum absolute atomic E-state index is 13.1. The van der Waals surface area contributed by atoms with Gasteiger partial charge >= 0.3 is 5.69 Å². The standard InChI is InChI=1S/C20H14N4O3/c25-18-8-10-23(20(27)22-18)16-11-17(14-5-2-1-3-6-14)19(26)24(13-16)15-7-4-9-21-12-15/h1-13H,(H,22,25,27). The number of hydrogen-bond acceptors (Lipinski definition) is 4. The van der Waals surface area contributed by atoms with E-state index < -0.39 is 11.2 Å². The van der Waals surface area contributed by atoms with Crippen molar-refractivity contribution < 1.29 is 0 Å². The Kier molecular flexibility index (Phi) is 4.10. The van der Waals surface area contributed by atoms with E-state index in [0.717, 1.165) is 5.56 Å². The molecule has 4 rings (SSSR count). The fraction of sp³-hybridized carbons (Fsp3) is 0. The molecule has 0 bridgehead atoms. The molecule has 0 saturated heterocycles. The molecular formula is C20H14N4O3. The van der Waals surface area contributed by atoms with Gasteiger partial charge in [-0.05, 0) is 23.8 Å². The number of aromatic nitrogens is 4. The monoisotopic (exact) mass is 358 g/mol. The molecule has 0 radical (unpaired) electrons. The molecule has 0 aliphatic heterocycles. The van der Waals surface area contributed by atoms with Gasteiger partial charge in [-0.3, -0.25) is 28.7 Å². The molecule has 4 aromatic rings. The van der Waals surface area contributed by atoms with Gasteiger partial charge in [0.1, 0.15) is 0 Å². The SMILES string of the molecule is O=c1ccn(-c2cc(-c3ccccc3)c(=O)n(-c3cccnc3)c2)c(=O)[nH]1. The predicted molar refractivity (Wildman–Crippen MR) is 101 cm³/mol. The minimum Gasteiger partial charge on any atom is -0.280 e. The lowest BCUT2D eigenvalue weighted by molar-refractivity contribution is 0.870. The zero-order valence-corrected chi connectivity index (χ0v) is 14.1. The molecular weight excluding hydrogens is 344 g/mol. The van der Waals surface area contributed by atoms with E-state index in [4.69, 9.17) is 0 Å². The van der Waals surface area contributed by atoms with Crippen LogP contribution in [-0.2, 0) is 0 Å². The number of aromatic amines is 1. The average Bonchev–Trinajstić information content (AvgIpc) is 2.70. The number of pyridine rings is 2. The summed E-state index contributed by atoms with van der Waals surface area (Å²) in [6.45, 7) is 0. The quantitative estimate of drug-likeness (QED) is 0.604. The van der Waals surface area contributed by atoms with Crippen molar-refractivity contribution in [3.8, 4) is 22.5 Å². The fourth-order valence-electron chi connectivity index (χ4n) is 2.83. The van der Waals surface area contributed by atoms with E-state index >= 15 is 0 Å². The lowest BCUT2D eigenvalue weighted by atomic mass is 10.1. The van der Waals surface area contributed by atoms with Gasteiger partial charge < -0.3 is 0 Å². The molecule has 132 valence electrons. The third-order valence-electron chi connectivity index (χ3n) is 4.11. The van der Waals surface area contributed by atoms with Crippen molar-refractivity contribution in [2.45, 2.75) is 0 Å². The third kappa shape index (κ3) is 3.13. The molecule has 0 aliphatic carbocycles. The zero-order chi connectivity index (χ0) is 18.8. The van der Waals surface area contributed by atoms with Crippen LogP contribution in [0.25, 0.3) is 22.5 Å². The summed E-state index contributed by atoms with van der Waals surface area (Å²) in [5, 5.41) is 0. The molecule has 0 unspecified atom stereocenters. The molecule has 3 heterocycles. The lowest BCUT2D eigenvalue weighted by Gasteiger charge is -2.13. The Morgan fingerprint density at radius 1 is 0.852 bits per heavy atom. The van der Waals surface area contributed by atoms with Gasteiger partial charge in [0.05, 0.1) is 17.6 Å². The van der Waals surface area contributed by atoms with E-state index in [2.05, 4.69) is 9.97 Å². The topological polar surface area (TPSA) is 89.8 Å². The third-order valence-corrected chi connectivity index (χ3v) is 4.11. The zero-order valence-electron chi connectivity index (χ0n) is 14.1. The van der Waals surface area contributed by atoms with Gasteiger partial charge in [0.15, 0.2) is 0 Å². The summed E-state index contributed by atoms with van der Waals surface area (Å²) in [5.41, 5.74) is 0.848. The maximum Gasteiger partial charge on any atom is 0.332 e. The van der Waals surface area contributed by atoms with E-state index in [1.807, 2.05) is 30.3 Å². The van der Waals surface area contributed by atoms with Gasteiger partial charge in [0, 0.05) is 30.2 Å². The summed E-state index contributed by atoms with van der Waals surface area (Å²) in [4.78, 5) is 43.0. The lowest BCUT2D eigenvalue weighted by Crippen LogP contribution is -2.29. The van der Waals surface area contributed by atoms with Crippen LogP contribution in [0.1, 0.15) is 0 Å². The first-order valence-electron chi connectivity index (χ1n) is 8.18. The molecule has 1 N–H and O–H groups in total. The van der Waals surface area contributed by atoms with Crippen molar-refractivity contribution in [2.75, 3.05) is 0 Å². The highest BCUT2D eigenvalue weighted by Gasteiger charge is 2.12. The molecule has 1 aromatic carbocycles. The van der Waals surface area contributed by atoms with Gasteiger partial charge in [-0.25, -0.2) is 4.79 Å². The second kappa shape index (κ2) is 6.72. The molecule has 0 aliphatic rings. The van der Waals surface area contributed by atoms with Crippen LogP contribution in [0.4, 0.5) is 0 Å². The van der Waals surface area contributed by atoms with Crippen LogP contribution in [0, 0.1) is 0 Å². The second-order valence-corrected chi connectivity index (χ2v) is 5.84. The molecule has 0 atom stereocenters. The number of nitrogens with zero attached hydrogens (tertiary/aromatic N) is 3. The second-order valence-electron chi connectivity index (χ2n) is 5.84. The highest BCUT2D eigenvalue weighted by atomic mass is 16.2. The number of H-pyrrole nitrogens is 1.